The molecule has 0 radical (unpaired) electrons. The average Bonchev–Trinajstić information content (AvgIpc) is 3.12. The third-order valence-electron chi connectivity index (χ3n) is 4.33. The molecule has 1 aromatic carbocycles. The first-order valence-corrected chi connectivity index (χ1v) is 10.3. The van der Waals surface area contributed by atoms with Gasteiger partial charge in [-0.15, -0.1) is 11.8 Å². The number of aromatic nitrogens is 1. The van der Waals surface area contributed by atoms with Gasteiger partial charge in [0.1, 0.15) is 0 Å². The van der Waals surface area contributed by atoms with E-state index in [9.17, 15) is 0 Å². The second-order valence-electron chi connectivity index (χ2n) is 6.98. The maximum absolute atomic E-state index is 6.01. The minimum absolute atomic E-state index is 0.345. The van der Waals surface area contributed by atoms with Gasteiger partial charge < -0.3 is 14.8 Å². The van der Waals surface area contributed by atoms with E-state index < -0.39 is 0 Å². The molecule has 1 unspecified atom stereocenters. The summed E-state index contributed by atoms with van der Waals surface area (Å²) in [6.45, 7) is 7.52. The van der Waals surface area contributed by atoms with E-state index in [-0.39, 0.29) is 0 Å². The second-order valence-corrected chi connectivity index (χ2v) is 7.86. The fourth-order valence-corrected chi connectivity index (χ4v) is 3.40. The van der Waals surface area contributed by atoms with Crippen LogP contribution in [-0.4, -0.2) is 37.1 Å². The molecule has 136 valence electrons. The maximum Gasteiger partial charge on any atom is 0.218 e. The number of fused-ring (bicyclic) bond motifs is 1. The number of nitrogens with one attached hydrogen (secondary N) is 1. The molecule has 1 aromatic heterocycles. The average molecular weight is 361 g/mol. The van der Waals surface area contributed by atoms with Crippen LogP contribution in [0.1, 0.15) is 32.3 Å². The quantitative estimate of drug-likeness (QED) is 0.713. The molecule has 0 spiro atoms. The number of ether oxygens (including phenoxy) is 2. The molecule has 3 rings (SSSR count). The van der Waals surface area contributed by atoms with E-state index in [0.717, 1.165) is 48.5 Å². The highest BCUT2D eigenvalue weighted by Gasteiger charge is 2.16. The SMILES string of the molecule is CSc1ccc2cc(CNCC3CCCO3)c(OCC(C)C)nc2c1. The van der Waals surface area contributed by atoms with Crippen LogP contribution < -0.4 is 10.1 Å². The number of nitrogens with zero attached hydrogens (tertiary/aromatic N) is 1. The normalized spacial score (nSPS) is 17.5. The van der Waals surface area contributed by atoms with Gasteiger partial charge in [-0.3, -0.25) is 0 Å². The lowest BCUT2D eigenvalue weighted by Crippen LogP contribution is -2.26. The summed E-state index contributed by atoms with van der Waals surface area (Å²) in [5, 5.41) is 4.67. The summed E-state index contributed by atoms with van der Waals surface area (Å²) in [6, 6.07) is 8.62. The molecule has 0 aliphatic carbocycles. The first-order chi connectivity index (χ1) is 12.2. The van der Waals surface area contributed by atoms with Crippen molar-refractivity contribution >= 4 is 22.7 Å². The Bertz CT molecular complexity index is 699. The maximum atomic E-state index is 6.01. The lowest BCUT2D eigenvalue weighted by molar-refractivity contribution is 0.110. The van der Waals surface area contributed by atoms with E-state index >= 15 is 0 Å². The van der Waals surface area contributed by atoms with Crippen LogP contribution in [-0.2, 0) is 11.3 Å². The van der Waals surface area contributed by atoms with Crippen molar-refractivity contribution in [3.8, 4) is 5.88 Å². The van der Waals surface area contributed by atoms with E-state index in [1.54, 1.807) is 11.8 Å². The number of thioether (sulfide) groups is 1. The Labute approximate surface area is 154 Å². The summed E-state index contributed by atoms with van der Waals surface area (Å²) >= 11 is 1.73. The van der Waals surface area contributed by atoms with Crippen molar-refractivity contribution in [3.63, 3.8) is 0 Å². The summed E-state index contributed by atoms with van der Waals surface area (Å²) in [4.78, 5) is 6.02. The van der Waals surface area contributed by atoms with Crippen LogP contribution in [0, 0.1) is 5.92 Å². The van der Waals surface area contributed by atoms with Gasteiger partial charge in [0.05, 0.1) is 18.2 Å². The van der Waals surface area contributed by atoms with Gasteiger partial charge in [0.25, 0.3) is 0 Å². The first kappa shape index (κ1) is 18.5. The zero-order valence-electron chi connectivity index (χ0n) is 15.4. The number of rotatable bonds is 8. The standard InChI is InChI=1S/C20H28N2O2S/c1-14(2)13-24-20-16(11-21-12-17-5-4-8-23-17)9-15-6-7-18(25-3)10-19(15)22-20/h6-7,9-10,14,17,21H,4-5,8,11-13H2,1-3H3. The Kier molecular flexibility index (Phi) is 6.57. The van der Waals surface area contributed by atoms with Gasteiger partial charge in [-0.25, -0.2) is 4.98 Å². The Hall–Kier alpha value is -1.30. The first-order valence-electron chi connectivity index (χ1n) is 9.08. The van der Waals surface area contributed by atoms with Crippen LogP contribution >= 0.6 is 11.8 Å². The van der Waals surface area contributed by atoms with Crippen molar-refractivity contribution < 1.29 is 9.47 Å². The molecule has 2 aromatic rings. The van der Waals surface area contributed by atoms with Gasteiger partial charge in [-0.1, -0.05) is 19.9 Å². The molecule has 1 aliphatic heterocycles. The number of benzene rings is 1. The zero-order chi connectivity index (χ0) is 17.6. The van der Waals surface area contributed by atoms with Crippen molar-refractivity contribution in [2.45, 2.75) is 44.2 Å². The monoisotopic (exact) mass is 360 g/mol. The molecule has 1 atom stereocenters. The molecule has 25 heavy (non-hydrogen) atoms. The van der Waals surface area contributed by atoms with Crippen LogP contribution in [0.2, 0.25) is 0 Å². The summed E-state index contributed by atoms with van der Waals surface area (Å²) in [5.41, 5.74) is 2.11. The number of hydrogen-bond donors (Lipinski definition) is 1. The van der Waals surface area contributed by atoms with Crippen molar-refractivity contribution in [2.75, 3.05) is 26.0 Å². The predicted molar refractivity (Wildman–Crippen MR) is 105 cm³/mol. The van der Waals surface area contributed by atoms with Gasteiger partial charge in [0.2, 0.25) is 5.88 Å². The van der Waals surface area contributed by atoms with Crippen molar-refractivity contribution in [2.24, 2.45) is 5.92 Å². The molecule has 1 aliphatic rings. The van der Waals surface area contributed by atoms with Crippen LogP contribution in [0.15, 0.2) is 29.2 Å². The second kappa shape index (κ2) is 8.88. The third-order valence-corrected chi connectivity index (χ3v) is 5.05. The van der Waals surface area contributed by atoms with Gasteiger partial charge in [-0.05, 0) is 43.2 Å². The van der Waals surface area contributed by atoms with E-state index in [1.807, 2.05) is 0 Å². The number of pyridine rings is 1. The highest BCUT2D eigenvalue weighted by Crippen LogP contribution is 2.26. The third kappa shape index (κ3) is 5.09. The topological polar surface area (TPSA) is 43.4 Å². The van der Waals surface area contributed by atoms with E-state index in [1.165, 1.54) is 11.3 Å². The van der Waals surface area contributed by atoms with Crippen LogP contribution in [0.5, 0.6) is 5.88 Å². The molecular weight excluding hydrogens is 332 g/mol. The van der Waals surface area contributed by atoms with Crippen LogP contribution in [0.4, 0.5) is 0 Å². The fourth-order valence-electron chi connectivity index (χ4n) is 2.97. The summed E-state index contributed by atoms with van der Waals surface area (Å²) in [7, 11) is 0. The summed E-state index contributed by atoms with van der Waals surface area (Å²) in [5.74, 6) is 1.22. The van der Waals surface area contributed by atoms with Crippen molar-refractivity contribution in [1.82, 2.24) is 10.3 Å². The predicted octanol–water partition coefficient (Wildman–Crippen LogP) is 4.26. The van der Waals surface area contributed by atoms with Gasteiger partial charge in [-0.2, -0.15) is 0 Å². The Balaban J connectivity index is 1.78. The molecule has 4 nitrogen and oxygen atoms in total. The number of hydrogen-bond acceptors (Lipinski definition) is 5. The lowest BCUT2D eigenvalue weighted by atomic mass is 10.1. The van der Waals surface area contributed by atoms with Crippen molar-refractivity contribution in [3.05, 3.63) is 29.8 Å². The minimum Gasteiger partial charge on any atom is -0.477 e. The molecule has 0 bridgehead atoms. The van der Waals surface area contributed by atoms with E-state index in [4.69, 9.17) is 14.5 Å². The Morgan fingerprint density at radius 3 is 2.96 bits per heavy atom. The molecular formula is C20H28N2O2S. The van der Waals surface area contributed by atoms with Crippen molar-refractivity contribution in [1.29, 1.82) is 0 Å². The fraction of sp³-hybridized carbons (Fsp3) is 0.550. The Morgan fingerprint density at radius 1 is 1.36 bits per heavy atom. The van der Waals surface area contributed by atoms with Gasteiger partial charge in [0.15, 0.2) is 0 Å². The van der Waals surface area contributed by atoms with Gasteiger partial charge in [0, 0.05) is 35.5 Å². The van der Waals surface area contributed by atoms with Crippen LogP contribution in [0.25, 0.3) is 10.9 Å². The Morgan fingerprint density at radius 2 is 2.24 bits per heavy atom. The summed E-state index contributed by atoms with van der Waals surface area (Å²) < 4.78 is 11.7. The summed E-state index contributed by atoms with van der Waals surface area (Å²) in [6.07, 6.45) is 4.75. The largest absolute Gasteiger partial charge is 0.477 e. The van der Waals surface area contributed by atoms with E-state index in [2.05, 4.69) is 49.7 Å². The molecule has 1 fully saturated rings. The molecule has 0 amide bonds. The van der Waals surface area contributed by atoms with Gasteiger partial charge >= 0.3 is 0 Å². The zero-order valence-corrected chi connectivity index (χ0v) is 16.2. The highest BCUT2D eigenvalue weighted by atomic mass is 32.2. The molecule has 5 heteroatoms. The molecule has 2 heterocycles. The molecule has 1 saturated heterocycles. The highest BCUT2D eigenvalue weighted by molar-refractivity contribution is 7.98. The smallest absolute Gasteiger partial charge is 0.218 e. The molecule has 0 saturated carbocycles. The van der Waals surface area contributed by atoms with Crippen LogP contribution in [0.3, 0.4) is 0 Å². The van der Waals surface area contributed by atoms with E-state index in [0.29, 0.717) is 18.6 Å². The minimum atomic E-state index is 0.345. The molecule has 1 N–H and O–H groups in total. The lowest BCUT2D eigenvalue weighted by Gasteiger charge is -2.15.